The third-order valence-electron chi connectivity index (χ3n) is 17.4. The van der Waals surface area contributed by atoms with Crippen LogP contribution in [0.4, 0.5) is 0 Å². The predicted octanol–water partition coefficient (Wildman–Crippen LogP) is -0.0766. The molecule has 25 atom stereocenters. The van der Waals surface area contributed by atoms with E-state index in [-0.39, 0.29) is 54.8 Å². The molecule has 3 saturated carbocycles. The molecule has 376 valence electrons. The molecule has 8 aliphatic rings. The molecule has 0 spiro atoms. The Morgan fingerprint density at radius 1 is 0.879 bits per heavy atom. The molecule has 19 heteroatoms. The Hall–Kier alpha value is -1.73. The maximum atomic E-state index is 12.0. The maximum absolute atomic E-state index is 12.0. The van der Waals surface area contributed by atoms with Crippen molar-refractivity contribution in [3.05, 3.63) is 23.8 Å². The van der Waals surface area contributed by atoms with E-state index in [9.17, 15) is 50.8 Å². The van der Waals surface area contributed by atoms with Crippen molar-refractivity contribution in [2.24, 2.45) is 40.4 Å². The van der Waals surface area contributed by atoms with Crippen LogP contribution < -0.4 is 0 Å². The minimum Gasteiger partial charge on any atom is -0.457 e. The summed E-state index contributed by atoms with van der Waals surface area (Å²) in [5, 5.41) is 95.1. The van der Waals surface area contributed by atoms with Gasteiger partial charge in [0.05, 0.1) is 44.2 Å². The molecule has 4 saturated heterocycles. The Kier molecular flexibility index (Phi) is 14.9. The molecule has 7 fully saturated rings. The van der Waals surface area contributed by atoms with Crippen molar-refractivity contribution in [3.63, 3.8) is 0 Å². The van der Waals surface area contributed by atoms with Gasteiger partial charge in [-0.15, -0.1) is 0 Å². The first-order chi connectivity index (χ1) is 31.2. The standard InChI is InChI=1S/C47H74O19/c1-20(18-59-42-39(56)38(55)35(52)30(17-48)63-42)10-13-47(58-7)21(2)33-29(66-47)16-28-26-9-8-24-14-25(50)15-32(46(24,6)27(26)11-12-45(28,33)5)64-44-41(36(53)31(19-60-44)62-23(4)49)65-43-40(57)37(54)34(51)22(3)61-43/h8,21-22,25-44,48,50-57H,1,9-19H2,2-7H3/t21-,22-,25+,26+,27-,28-,29?,30+,31-,32+,33?,34-,35+,36-,37+,38-,39+,40+,41+,42+,43-,44-,45-,46-,47?/m0/s1. The summed E-state index contributed by atoms with van der Waals surface area (Å²) in [4.78, 5) is 12.0. The number of hydrogen-bond acceptors (Lipinski definition) is 19. The Morgan fingerprint density at radius 3 is 2.29 bits per heavy atom. The highest BCUT2D eigenvalue weighted by Crippen LogP contribution is 2.70. The van der Waals surface area contributed by atoms with Crippen molar-refractivity contribution < 1.29 is 93.4 Å². The van der Waals surface area contributed by atoms with Crippen LogP contribution in [0.15, 0.2) is 23.8 Å². The Labute approximate surface area is 385 Å². The molecule has 0 bridgehead atoms. The highest BCUT2D eigenvalue weighted by molar-refractivity contribution is 5.66. The van der Waals surface area contributed by atoms with Gasteiger partial charge in [0, 0.05) is 38.2 Å². The number of fused-ring (bicyclic) bond motifs is 7. The lowest BCUT2D eigenvalue weighted by molar-refractivity contribution is -0.363. The van der Waals surface area contributed by atoms with Gasteiger partial charge in [-0.05, 0) is 74.5 Å². The molecule has 4 aliphatic heterocycles. The maximum Gasteiger partial charge on any atom is 0.303 e. The van der Waals surface area contributed by atoms with Gasteiger partial charge >= 0.3 is 5.97 Å². The van der Waals surface area contributed by atoms with Crippen LogP contribution in [0.5, 0.6) is 0 Å². The van der Waals surface area contributed by atoms with E-state index < -0.39 is 122 Å². The normalized spacial score (nSPS) is 52.4. The first-order valence-electron chi connectivity index (χ1n) is 23.9. The summed E-state index contributed by atoms with van der Waals surface area (Å²) < 4.78 is 54.9. The quantitative estimate of drug-likeness (QED) is 0.0863. The van der Waals surface area contributed by atoms with Gasteiger partial charge in [0.2, 0.25) is 0 Å². The lowest BCUT2D eigenvalue weighted by Crippen LogP contribution is -2.63. The fraction of sp³-hybridized carbons (Fsp3) is 0.894. The molecule has 9 N–H and O–H groups in total. The van der Waals surface area contributed by atoms with Crippen LogP contribution in [0.2, 0.25) is 0 Å². The van der Waals surface area contributed by atoms with Crippen LogP contribution in [0.1, 0.15) is 86.0 Å². The zero-order valence-corrected chi connectivity index (χ0v) is 38.9. The largest absolute Gasteiger partial charge is 0.457 e. The van der Waals surface area contributed by atoms with Gasteiger partial charge in [-0.2, -0.15) is 0 Å². The molecule has 0 aromatic carbocycles. The van der Waals surface area contributed by atoms with Crippen LogP contribution in [0, 0.1) is 40.4 Å². The molecule has 0 radical (unpaired) electrons. The number of hydrogen-bond donors (Lipinski definition) is 9. The lowest BCUT2D eigenvalue weighted by Gasteiger charge is -2.60. The van der Waals surface area contributed by atoms with E-state index in [1.807, 2.05) is 0 Å². The second-order valence-electron chi connectivity index (χ2n) is 21.0. The first-order valence-corrected chi connectivity index (χ1v) is 23.9. The topological polar surface area (TPSA) is 282 Å². The number of aliphatic hydroxyl groups excluding tert-OH is 9. The van der Waals surface area contributed by atoms with Crippen LogP contribution in [-0.2, 0) is 47.4 Å². The number of allylic oxidation sites excluding steroid dienone is 1. The highest BCUT2D eigenvalue weighted by atomic mass is 16.8. The molecular formula is C47H74O19. The van der Waals surface area contributed by atoms with Gasteiger partial charge in [0.25, 0.3) is 0 Å². The fourth-order valence-corrected chi connectivity index (χ4v) is 13.8. The molecule has 0 aromatic heterocycles. The lowest BCUT2D eigenvalue weighted by atomic mass is 9.46. The van der Waals surface area contributed by atoms with Crippen molar-refractivity contribution >= 4 is 5.97 Å². The zero-order valence-electron chi connectivity index (χ0n) is 38.9. The van der Waals surface area contributed by atoms with Gasteiger partial charge < -0.3 is 88.6 Å². The van der Waals surface area contributed by atoms with E-state index in [4.69, 9.17) is 42.6 Å². The van der Waals surface area contributed by atoms with E-state index in [1.54, 1.807) is 7.11 Å². The number of esters is 1. The van der Waals surface area contributed by atoms with Crippen molar-refractivity contribution in [2.45, 2.75) is 196 Å². The Morgan fingerprint density at radius 2 is 1.59 bits per heavy atom. The highest BCUT2D eigenvalue weighted by Gasteiger charge is 2.69. The molecule has 8 rings (SSSR count). The van der Waals surface area contributed by atoms with Crippen molar-refractivity contribution in [1.82, 2.24) is 0 Å². The second-order valence-corrected chi connectivity index (χ2v) is 21.0. The second kappa shape index (κ2) is 19.5. The van der Waals surface area contributed by atoms with Crippen LogP contribution in [0.3, 0.4) is 0 Å². The molecule has 4 aliphatic carbocycles. The molecule has 4 heterocycles. The minimum absolute atomic E-state index is 0.00496. The van der Waals surface area contributed by atoms with E-state index in [1.165, 1.54) is 13.8 Å². The van der Waals surface area contributed by atoms with Crippen molar-refractivity contribution in [1.29, 1.82) is 0 Å². The molecule has 0 aromatic rings. The minimum atomic E-state index is -1.68. The molecule has 66 heavy (non-hydrogen) atoms. The summed E-state index contributed by atoms with van der Waals surface area (Å²) in [5.74, 6) is -0.604. The van der Waals surface area contributed by atoms with E-state index >= 15 is 0 Å². The summed E-state index contributed by atoms with van der Waals surface area (Å²) in [5.41, 5.74) is 1.16. The van der Waals surface area contributed by atoms with E-state index in [0.717, 1.165) is 31.3 Å². The number of aliphatic hydroxyl groups is 9. The number of methoxy groups -OCH3 is 1. The third-order valence-corrected chi connectivity index (χ3v) is 17.4. The zero-order chi connectivity index (χ0) is 47.8. The van der Waals surface area contributed by atoms with E-state index in [0.29, 0.717) is 30.8 Å². The first kappa shape index (κ1) is 50.7. The summed E-state index contributed by atoms with van der Waals surface area (Å²) in [6.45, 7) is 13.0. The molecular weight excluding hydrogens is 868 g/mol. The molecule has 0 amide bonds. The van der Waals surface area contributed by atoms with Gasteiger partial charge in [-0.3, -0.25) is 4.79 Å². The number of ether oxygens (including phenoxy) is 9. The van der Waals surface area contributed by atoms with Gasteiger partial charge in [0.1, 0.15) is 54.9 Å². The van der Waals surface area contributed by atoms with Gasteiger partial charge in [-0.1, -0.05) is 44.6 Å². The smallest absolute Gasteiger partial charge is 0.303 e. The van der Waals surface area contributed by atoms with Crippen molar-refractivity contribution in [3.8, 4) is 0 Å². The predicted molar refractivity (Wildman–Crippen MR) is 227 cm³/mol. The van der Waals surface area contributed by atoms with Crippen LogP contribution in [0.25, 0.3) is 0 Å². The van der Waals surface area contributed by atoms with Gasteiger partial charge in [-0.25, -0.2) is 0 Å². The number of carbonyl (C=O) groups is 1. The van der Waals surface area contributed by atoms with Crippen LogP contribution in [-0.4, -0.2) is 189 Å². The molecule has 19 nitrogen and oxygen atoms in total. The average molecular weight is 943 g/mol. The Balaban J connectivity index is 0.961. The third kappa shape index (κ3) is 8.77. The summed E-state index contributed by atoms with van der Waals surface area (Å²) >= 11 is 0. The summed E-state index contributed by atoms with van der Waals surface area (Å²) in [6.07, 6.45) is -13.1. The summed E-state index contributed by atoms with van der Waals surface area (Å²) in [6, 6.07) is 0. The number of carbonyl (C=O) groups excluding carboxylic acids is 1. The van der Waals surface area contributed by atoms with Gasteiger partial charge in [0.15, 0.2) is 30.8 Å². The van der Waals surface area contributed by atoms with Crippen LogP contribution >= 0.6 is 0 Å². The SMILES string of the molecule is C=C(CCC1(OC)OC2C[C@H]3[C@@H]4CC=C5C[C@@H](O)C[C@@H](O[C@@H]6OC[C@H](OC(C)=O)[C@H](O)[C@H]6O[C@@H]6O[C@@H](C)[C@H](O)[C@@H](O)[C@H]6O)[C@]5(C)[C@H]4CC[C@]3(C)C2[C@@H]1C)CO[C@@H]1O[C@H](CO)[C@@H](O)[C@H](O)[C@H]1O. The average Bonchev–Trinajstić information content (AvgIpc) is 3.74. The van der Waals surface area contributed by atoms with E-state index in [2.05, 4.69) is 33.4 Å². The number of rotatable bonds is 13. The Bertz CT molecular complexity index is 1770. The molecule has 3 unspecified atom stereocenters. The summed E-state index contributed by atoms with van der Waals surface area (Å²) in [7, 11) is 1.67. The fourth-order valence-electron chi connectivity index (χ4n) is 13.8. The van der Waals surface area contributed by atoms with Crippen molar-refractivity contribution in [2.75, 3.05) is 26.9 Å². The monoisotopic (exact) mass is 942 g/mol.